The normalized spacial score (nSPS) is 12.6. The van der Waals surface area contributed by atoms with E-state index in [9.17, 15) is 0 Å². The minimum Gasteiger partial charge on any atom is -0.309 e. The number of benzene rings is 10. The Morgan fingerprint density at radius 1 is 0.333 bits per heavy atom. The second-order valence-corrected chi connectivity index (χ2v) is 21.5. The van der Waals surface area contributed by atoms with Gasteiger partial charge in [-0.2, -0.15) is 0 Å². The van der Waals surface area contributed by atoms with Gasteiger partial charge in [-0.25, -0.2) is 0 Å². The molecule has 0 N–H and O–H groups in total. The van der Waals surface area contributed by atoms with E-state index in [1.807, 2.05) is 0 Å². The summed E-state index contributed by atoms with van der Waals surface area (Å²) in [5.74, 6) is 0. The molecule has 2 nitrogen and oxygen atoms in total. The van der Waals surface area contributed by atoms with Crippen LogP contribution in [0, 0.1) is 0 Å². The molecule has 0 saturated heterocycles. The van der Waals surface area contributed by atoms with E-state index in [2.05, 4.69) is 260 Å². The molecular formula is C64H58N2. The lowest BCUT2D eigenvalue weighted by atomic mass is 9.78. The molecule has 0 bridgehead atoms. The Labute approximate surface area is 390 Å². The molecule has 11 rings (SSSR count). The number of hydrogen-bond acceptors (Lipinski definition) is 1. The number of hydrogen-bond donors (Lipinski definition) is 0. The van der Waals surface area contributed by atoms with Gasteiger partial charge in [0.05, 0.1) is 33.8 Å². The summed E-state index contributed by atoms with van der Waals surface area (Å²) in [7, 11) is 0. The zero-order chi connectivity index (χ0) is 45.7. The molecule has 1 aromatic heterocycles. The maximum atomic E-state index is 2.57. The average Bonchev–Trinajstić information content (AvgIpc) is 3.65. The fourth-order valence-corrected chi connectivity index (χ4v) is 10.3. The van der Waals surface area contributed by atoms with E-state index in [-0.39, 0.29) is 16.2 Å². The second kappa shape index (κ2) is 15.2. The molecule has 11 aromatic rings. The molecule has 0 atom stereocenters. The highest BCUT2D eigenvalue weighted by molar-refractivity contribution is 6.28. The Morgan fingerprint density at radius 2 is 0.833 bits per heavy atom. The summed E-state index contributed by atoms with van der Waals surface area (Å²) in [5.41, 5.74) is 15.7. The molecule has 0 unspecified atom stereocenters. The standard InChI is InChI=1S/C64H58N2/c1-62(2,3)45-31-36-59(53(40-45)44-37-46(63(4,5)6)39-47(38-44)64(7,8)9)65(54-24-16-13-21-48(54)41-19-11-10-12-20-41)57-34-29-42-28-33-52-58(35-30-43-27-32-51(57)60(42)61(43)52)66-55-25-17-14-22-49(55)50-23-15-18-26-56(50)66/h10-40H,1-9H3. The van der Waals surface area contributed by atoms with Gasteiger partial charge in [0, 0.05) is 32.7 Å². The van der Waals surface area contributed by atoms with E-state index in [1.165, 1.54) is 98.8 Å². The molecule has 10 aromatic carbocycles. The van der Waals surface area contributed by atoms with Crippen LogP contribution >= 0.6 is 0 Å². The minimum atomic E-state index is -0.0599. The Balaban J connectivity index is 1.24. The molecule has 0 fully saturated rings. The van der Waals surface area contributed by atoms with Gasteiger partial charge in [-0.1, -0.05) is 208 Å². The van der Waals surface area contributed by atoms with Crippen molar-refractivity contribution in [1.29, 1.82) is 0 Å². The predicted octanol–water partition coefficient (Wildman–Crippen LogP) is 18.4. The molecule has 0 radical (unpaired) electrons. The largest absolute Gasteiger partial charge is 0.309 e. The van der Waals surface area contributed by atoms with E-state index in [4.69, 9.17) is 0 Å². The van der Waals surface area contributed by atoms with Gasteiger partial charge in [-0.05, 0) is 108 Å². The van der Waals surface area contributed by atoms with Gasteiger partial charge in [-0.15, -0.1) is 0 Å². The summed E-state index contributed by atoms with van der Waals surface area (Å²) in [6, 6.07) is 70.9. The van der Waals surface area contributed by atoms with Gasteiger partial charge in [0.25, 0.3) is 0 Å². The monoisotopic (exact) mass is 854 g/mol. The summed E-state index contributed by atoms with van der Waals surface area (Å²) in [6.07, 6.45) is 0. The van der Waals surface area contributed by atoms with Crippen LogP contribution in [0.15, 0.2) is 188 Å². The summed E-state index contributed by atoms with van der Waals surface area (Å²) in [6.45, 7) is 21.0. The molecule has 0 aliphatic carbocycles. The van der Waals surface area contributed by atoms with Crippen molar-refractivity contribution in [3.8, 4) is 27.9 Å². The van der Waals surface area contributed by atoms with Crippen molar-refractivity contribution in [1.82, 2.24) is 4.57 Å². The molecule has 0 spiro atoms. The zero-order valence-corrected chi connectivity index (χ0v) is 39.8. The van der Waals surface area contributed by atoms with E-state index in [1.54, 1.807) is 0 Å². The highest BCUT2D eigenvalue weighted by atomic mass is 15.1. The predicted molar refractivity (Wildman–Crippen MR) is 286 cm³/mol. The van der Waals surface area contributed by atoms with Gasteiger partial charge >= 0.3 is 0 Å². The van der Waals surface area contributed by atoms with Crippen LogP contribution in [0.1, 0.15) is 79.0 Å². The van der Waals surface area contributed by atoms with Crippen LogP contribution in [0.25, 0.3) is 82.1 Å². The van der Waals surface area contributed by atoms with E-state index < -0.39 is 0 Å². The van der Waals surface area contributed by atoms with Crippen LogP contribution < -0.4 is 4.90 Å². The van der Waals surface area contributed by atoms with Crippen molar-refractivity contribution >= 4 is 71.2 Å². The van der Waals surface area contributed by atoms with Gasteiger partial charge < -0.3 is 9.47 Å². The van der Waals surface area contributed by atoms with Crippen LogP contribution in [-0.2, 0) is 16.2 Å². The lowest BCUT2D eigenvalue weighted by Gasteiger charge is -2.33. The lowest BCUT2D eigenvalue weighted by Crippen LogP contribution is -2.18. The first-order chi connectivity index (χ1) is 31.6. The quantitative estimate of drug-likeness (QED) is 0.151. The van der Waals surface area contributed by atoms with Crippen molar-refractivity contribution in [2.75, 3.05) is 4.90 Å². The van der Waals surface area contributed by atoms with E-state index in [0.717, 1.165) is 17.1 Å². The minimum absolute atomic E-state index is 0.0401. The number of para-hydroxylation sites is 3. The van der Waals surface area contributed by atoms with Crippen LogP contribution in [0.5, 0.6) is 0 Å². The molecule has 0 aliphatic rings. The number of anilines is 3. The molecule has 324 valence electrons. The SMILES string of the molecule is CC(C)(C)c1cc(-c2cc(C(C)(C)C)ccc2N(c2ccccc2-c2ccccc2)c2ccc3ccc4c(-n5c6ccccc6c6ccccc65)ccc5ccc2c3c54)cc(C(C)(C)C)c1. The van der Waals surface area contributed by atoms with Crippen molar-refractivity contribution in [3.63, 3.8) is 0 Å². The van der Waals surface area contributed by atoms with E-state index in [0.29, 0.717) is 0 Å². The van der Waals surface area contributed by atoms with Crippen molar-refractivity contribution < 1.29 is 0 Å². The molecule has 0 aliphatic heterocycles. The molecule has 0 saturated carbocycles. The number of rotatable bonds is 6. The first kappa shape index (κ1) is 41.5. The number of fused-ring (bicyclic) bond motifs is 3. The number of nitrogens with zero attached hydrogens (tertiary/aromatic N) is 2. The maximum Gasteiger partial charge on any atom is 0.0541 e. The van der Waals surface area contributed by atoms with Crippen LogP contribution in [0.2, 0.25) is 0 Å². The molecule has 1 heterocycles. The summed E-state index contributed by atoms with van der Waals surface area (Å²) in [5, 5.41) is 10.0. The Hall–Kier alpha value is -7.16. The smallest absolute Gasteiger partial charge is 0.0541 e. The van der Waals surface area contributed by atoms with Gasteiger partial charge in [0.1, 0.15) is 0 Å². The second-order valence-electron chi connectivity index (χ2n) is 21.5. The molecule has 0 amide bonds. The molecular weight excluding hydrogens is 797 g/mol. The van der Waals surface area contributed by atoms with E-state index >= 15 is 0 Å². The number of aromatic nitrogens is 1. The van der Waals surface area contributed by atoms with Gasteiger partial charge in [0.2, 0.25) is 0 Å². The first-order valence-electron chi connectivity index (χ1n) is 23.6. The third-order valence-corrected chi connectivity index (χ3v) is 14.0. The Morgan fingerprint density at radius 3 is 1.47 bits per heavy atom. The van der Waals surface area contributed by atoms with Crippen molar-refractivity contribution in [2.45, 2.75) is 78.6 Å². The van der Waals surface area contributed by atoms with Crippen LogP contribution in [0.3, 0.4) is 0 Å². The third kappa shape index (κ3) is 6.85. The highest BCUT2D eigenvalue weighted by Gasteiger charge is 2.28. The molecule has 2 heteroatoms. The zero-order valence-electron chi connectivity index (χ0n) is 39.8. The fourth-order valence-electron chi connectivity index (χ4n) is 10.3. The van der Waals surface area contributed by atoms with Crippen molar-refractivity contribution in [2.24, 2.45) is 0 Å². The van der Waals surface area contributed by atoms with Gasteiger partial charge in [0.15, 0.2) is 0 Å². The Bertz CT molecular complexity index is 3550. The molecule has 66 heavy (non-hydrogen) atoms. The third-order valence-electron chi connectivity index (χ3n) is 14.0. The van der Waals surface area contributed by atoms with Gasteiger partial charge in [-0.3, -0.25) is 0 Å². The first-order valence-corrected chi connectivity index (χ1v) is 23.6. The Kier molecular flexibility index (Phi) is 9.57. The highest BCUT2D eigenvalue weighted by Crippen LogP contribution is 2.51. The lowest BCUT2D eigenvalue weighted by molar-refractivity contribution is 0.569. The van der Waals surface area contributed by atoms with Crippen molar-refractivity contribution in [3.05, 3.63) is 205 Å². The van der Waals surface area contributed by atoms with Crippen LogP contribution in [-0.4, -0.2) is 4.57 Å². The maximum absolute atomic E-state index is 2.57. The summed E-state index contributed by atoms with van der Waals surface area (Å²) >= 11 is 0. The topological polar surface area (TPSA) is 8.17 Å². The average molecular weight is 855 g/mol. The summed E-state index contributed by atoms with van der Waals surface area (Å²) < 4.78 is 2.47. The van der Waals surface area contributed by atoms with Crippen LogP contribution in [0.4, 0.5) is 17.1 Å². The summed E-state index contributed by atoms with van der Waals surface area (Å²) in [4.78, 5) is 2.57. The fraction of sp³-hybridized carbons (Fsp3) is 0.188.